The molecule has 1 atom stereocenters. The molecule has 8 aromatic carbocycles. The van der Waals surface area contributed by atoms with Crippen LogP contribution in [0.4, 0.5) is 0 Å². The lowest BCUT2D eigenvalue weighted by molar-refractivity contribution is 0.654. The number of aryl methyl sites for hydroxylation is 1. The summed E-state index contributed by atoms with van der Waals surface area (Å²) in [5.41, 5.74) is 18.9. The number of benzene rings is 8. The van der Waals surface area contributed by atoms with Gasteiger partial charge in [-0.25, -0.2) is 0 Å². The van der Waals surface area contributed by atoms with Gasteiger partial charge in [0.05, 0.1) is 0 Å². The van der Waals surface area contributed by atoms with Gasteiger partial charge in [-0.15, -0.1) is 0 Å². The van der Waals surface area contributed by atoms with Crippen molar-refractivity contribution in [1.82, 2.24) is 0 Å². The zero-order valence-corrected chi connectivity index (χ0v) is 31.3. The maximum absolute atomic E-state index is 6.09. The summed E-state index contributed by atoms with van der Waals surface area (Å²) in [4.78, 5) is 0. The second kappa shape index (κ2) is 13.4. The van der Waals surface area contributed by atoms with Gasteiger partial charge in [0, 0.05) is 22.1 Å². The van der Waals surface area contributed by atoms with E-state index >= 15 is 0 Å². The fraction of sp³-hybridized carbons (Fsp3) is 0.111. The molecule has 55 heavy (non-hydrogen) atoms. The maximum Gasteiger partial charge on any atom is 0.135 e. The highest BCUT2D eigenvalue weighted by Gasteiger charge is 2.35. The van der Waals surface area contributed by atoms with Crippen LogP contribution in [0.1, 0.15) is 54.0 Å². The van der Waals surface area contributed by atoms with Crippen molar-refractivity contribution in [2.24, 2.45) is 0 Å². The summed E-state index contributed by atoms with van der Waals surface area (Å²) in [6.07, 6.45) is 2.00. The van der Waals surface area contributed by atoms with E-state index in [4.69, 9.17) is 4.42 Å². The Morgan fingerprint density at radius 2 is 1.00 bits per heavy atom. The van der Waals surface area contributed by atoms with Gasteiger partial charge in [0.15, 0.2) is 0 Å². The maximum atomic E-state index is 6.09. The molecule has 0 fully saturated rings. The number of fused-ring (bicyclic) bond motifs is 6. The Bertz CT molecular complexity index is 2820. The first-order valence-electron chi connectivity index (χ1n) is 19.5. The van der Waals surface area contributed by atoms with E-state index in [1.165, 1.54) is 72.3 Å². The van der Waals surface area contributed by atoms with E-state index in [1.54, 1.807) is 0 Å². The van der Waals surface area contributed by atoms with Crippen molar-refractivity contribution in [1.29, 1.82) is 0 Å². The molecule has 0 bridgehead atoms. The second-order valence-electron chi connectivity index (χ2n) is 15.6. The van der Waals surface area contributed by atoms with Gasteiger partial charge in [-0.2, -0.15) is 0 Å². The fourth-order valence-electron chi connectivity index (χ4n) is 8.96. The van der Waals surface area contributed by atoms with E-state index < -0.39 is 0 Å². The number of furan rings is 1. The van der Waals surface area contributed by atoms with Crippen molar-refractivity contribution in [3.63, 3.8) is 0 Å². The Balaban J connectivity index is 0.962. The fourth-order valence-corrected chi connectivity index (χ4v) is 8.96. The van der Waals surface area contributed by atoms with E-state index in [0.717, 1.165) is 34.8 Å². The predicted molar refractivity (Wildman–Crippen MR) is 231 cm³/mol. The van der Waals surface area contributed by atoms with E-state index in [1.807, 2.05) is 12.1 Å². The van der Waals surface area contributed by atoms with E-state index in [-0.39, 0.29) is 11.3 Å². The minimum absolute atomic E-state index is 0.0400. The van der Waals surface area contributed by atoms with Gasteiger partial charge in [-0.3, -0.25) is 0 Å². The zero-order valence-electron chi connectivity index (χ0n) is 31.3. The molecule has 1 heterocycles. The lowest BCUT2D eigenvalue weighted by Crippen LogP contribution is -2.15. The predicted octanol–water partition coefficient (Wildman–Crippen LogP) is 14.7. The van der Waals surface area contributed by atoms with Gasteiger partial charge in [0.2, 0.25) is 0 Å². The van der Waals surface area contributed by atoms with Crippen LogP contribution in [0.2, 0.25) is 0 Å². The Hall–Kier alpha value is -6.44. The highest BCUT2D eigenvalue weighted by molar-refractivity contribution is 6.06. The van der Waals surface area contributed by atoms with Gasteiger partial charge < -0.3 is 4.42 Å². The molecule has 0 aliphatic heterocycles. The van der Waals surface area contributed by atoms with Crippen molar-refractivity contribution >= 4 is 21.9 Å². The molecule has 0 N–H and O–H groups in total. The number of para-hydroxylation sites is 1. The summed E-state index contributed by atoms with van der Waals surface area (Å²) in [6, 6.07) is 69.1. The molecule has 0 radical (unpaired) electrons. The molecule has 0 saturated heterocycles. The molecular formula is C54H42O. The van der Waals surface area contributed by atoms with Crippen molar-refractivity contribution < 1.29 is 4.42 Å². The second-order valence-corrected chi connectivity index (χ2v) is 15.6. The molecule has 0 saturated carbocycles. The average molecular weight is 707 g/mol. The van der Waals surface area contributed by atoms with Crippen molar-refractivity contribution in [3.8, 4) is 44.5 Å². The molecule has 264 valence electrons. The number of rotatable bonds is 8. The van der Waals surface area contributed by atoms with E-state index in [0.29, 0.717) is 0 Å². The van der Waals surface area contributed by atoms with Gasteiger partial charge >= 0.3 is 0 Å². The summed E-state index contributed by atoms with van der Waals surface area (Å²) in [6.45, 7) is 4.76. The highest BCUT2D eigenvalue weighted by atomic mass is 16.3. The summed E-state index contributed by atoms with van der Waals surface area (Å²) in [7, 11) is 0. The Morgan fingerprint density at radius 3 is 1.80 bits per heavy atom. The van der Waals surface area contributed by atoms with Crippen molar-refractivity contribution in [2.45, 2.75) is 38.0 Å². The molecule has 1 aromatic heterocycles. The largest absolute Gasteiger partial charge is 0.456 e. The quantitative estimate of drug-likeness (QED) is 0.153. The summed E-state index contributed by atoms with van der Waals surface area (Å²) < 4.78 is 6.09. The van der Waals surface area contributed by atoms with Crippen LogP contribution in [0, 0.1) is 0 Å². The van der Waals surface area contributed by atoms with Gasteiger partial charge in [-0.1, -0.05) is 178 Å². The number of hydrogen-bond donors (Lipinski definition) is 0. The van der Waals surface area contributed by atoms with Gasteiger partial charge in [0.1, 0.15) is 11.2 Å². The topological polar surface area (TPSA) is 13.1 Å². The molecule has 1 aliphatic carbocycles. The third-order valence-electron chi connectivity index (χ3n) is 12.0. The average Bonchev–Trinajstić information content (AvgIpc) is 3.73. The SMILES string of the molecule is CC1(C)c2ccccc2-c2ccc(C(CCc3ccc(-c4ccc5oc6ccccc6c5c4)cc3)c3ccc(-c4cccc(-c5ccccc5)c4)cc3)cc21. The third-order valence-corrected chi connectivity index (χ3v) is 12.0. The molecule has 1 aliphatic rings. The lowest BCUT2D eigenvalue weighted by Gasteiger charge is -2.24. The lowest BCUT2D eigenvalue weighted by atomic mass is 9.79. The van der Waals surface area contributed by atoms with Crippen molar-refractivity contribution in [3.05, 3.63) is 216 Å². The zero-order chi connectivity index (χ0) is 36.9. The normalized spacial score (nSPS) is 13.5. The first-order valence-corrected chi connectivity index (χ1v) is 19.5. The minimum Gasteiger partial charge on any atom is -0.456 e. The van der Waals surface area contributed by atoms with Crippen molar-refractivity contribution in [2.75, 3.05) is 0 Å². The van der Waals surface area contributed by atoms with Crippen LogP contribution in [-0.2, 0) is 11.8 Å². The van der Waals surface area contributed by atoms with E-state index in [2.05, 4.69) is 190 Å². The molecule has 1 nitrogen and oxygen atoms in total. The van der Waals surface area contributed by atoms with Crippen LogP contribution >= 0.6 is 0 Å². The van der Waals surface area contributed by atoms with Crippen LogP contribution in [-0.4, -0.2) is 0 Å². The van der Waals surface area contributed by atoms with Crippen LogP contribution in [0.5, 0.6) is 0 Å². The summed E-state index contributed by atoms with van der Waals surface area (Å²) >= 11 is 0. The molecule has 9 aromatic rings. The molecule has 1 unspecified atom stereocenters. The third kappa shape index (κ3) is 5.97. The smallest absolute Gasteiger partial charge is 0.135 e. The molecular weight excluding hydrogens is 665 g/mol. The molecule has 0 amide bonds. The van der Waals surface area contributed by atoms with Crippen LogP contribution in [0.3, 0.4) is 0 Å². The van der Waals surface area contributed by atoms with E-state index in [9.17, 15) is 0 Å². The molecule has 10 rings (SSSR count). The first kappa shape index (κ1) is 33.2. The molecule has 1 heteroatoms. The standard InChI is InChI=1S/C54H42O/c1-54(2)50-17-8-6-15-46(50)47-31-28-44(35-51(47)54)45(40-26-24-39(25-27-40)42-14-10-13-41(33-42)37-11-4-3-5-12-37)30-21-36-19-22-38(23-20-36)43-29-32-53-49(34-43)48-16-7-9-18-52(48)55-53/h3-20,22-29,31-35,45H,21,30H2,1-2H3. The van der Waals surface area contributed by atoms with Gasteiger partial charge in [-0.05, 0) is 109 Å². The van der Waals surface area contributed by atoms with Gasteiger partial charge in [0.25, 0.3) is 0 Å². The first-order chi connectivity index (χ1) is 27.0. The Kier molecular flexibility index (Phi) is 8.11. The molecule has 0 spiro atoms. The monoisotopic (exact) mass is 706 g/mol. The summed E-state index contributed by atoms with van der Waals surface area (Å²) in [5.74, 6) is 0.256. The highest BCUT2D eigenvalue weighted by Crippen LogP contribution is 2.49. The number of hydrogen-bond acceptors (Lipinski definition) is 1. The Labute approximate surface area is 323 Å². The van der Waals surface area contributed by atoms with Crippen LogP contribution in [0.15, 0.2) is 192 Å². The van der Waals surface area contributed by atoms with Crippen LogP contribution < -0.4 is 0 Å². The minimum atomic E-state index is -0.0400. The Morgan fingerprint density at radius 1 is 0.418 bits per heavy atom. The summed E-state index contributed by atoms with van der Waals surface area (Å²) in [5, 5.41) is 2.32. The van der Waals surface area contributed by atoms with Crippen LogP contribution in [0.25, 0.3) is 66.4 Å².